The van der Waals surface area contributed by atoms with Crippen molar-refractivity contribution in [3.05, 3.63) is 12.4 Å². The number of thioether (sulfide) groups is 1. The Morgan fingerprint density at radius 2 is 2.31 bits per heavy atom. The van der Waals surface area contributed by atoms with Crippen molar-refractivity contribution in [3.63, 3.8) is 0 Å². The van der Waals surface area contributed by atoms with Gasteiger partial charge in [0.05, 0.1) is 5.60 Å². The molecule has 1 aromatic rings. The Bertz CT molecular complexity index is 255. The molecular weight excluding hydrogens is 184 g/mol. The lowest BCUT2D eigenvalue weighted by Gasteiger charge is -2.20. The summed E-state index contributed by atoms with van der Waals surface area (Å²) in [4.78, 5) is 7.12. The Labute approximate surface area is 82.0 Å². The molecule has 2 N–H and O–H groups in total. The van der Waals surface area contributed by atoms with Crippen molar-refractivity contribution in [2.24, 2.45) is 0 Å². The van der Waals surface area contributed by atoms with Crippen LogP contribution in [0.3, 0.4) is 0 Å². The van der Waals surface area contributed by atoms with E-state index in [1.165, 1.54) is 0 Å². The smallest absolute Gasteiger partial charge is 0.165 e. The molecule has 0 saturated heterocycles. The lowest BCUT2D eigenvalue weighted by Crippen LogP contribution is -2.27. The molecule has 0 unspecified atom stereocenters. The number of aliphatic hydroxyl groups is 1. The largest absolute Gasteiger partial charge is 0.389 e. The molecule has 1 aliphatic rings. The molecule has 2 rings (SSSR count). The van der Waals surface area contributed by atoms with Crippen LogP contribution in [0.1, 0.15) is 25.7 Å². The fourth-order valence-corrected chi connectivity index (χ4v) is 2.69. The maximum Gasteiger partial charge on any atom is 0.165 e. The summed E-state index contributed by atoms with van der Waals surface area (Å²) >= 11 is 1.61. The molecule has 3 nitrogen and oxygen atoms in total. The van der Waals surface area contributed by atoms with Crippen LogP contribution < -0.4 is 0 Å². The van der Waals surface area contributed by atoms with Gasteiger partial charge in [-0.25, -0.2) is 4.98 Å². The van der Waals surface area contributed by atoms with Gasteiger partial charge in [-0.2, -0.15) is 0 Å². The summed E-state index contributed by atoms with van der Waals surface area (Å²) in [6.07, 6.45) is 7.76. The molecule has 1 aromatic heterocycles. The Morgan fingerprint density at radius 1 is 1.54 bits per heavy atom. The van der Waals surface area contributed by atoms with E-state index in [0.29, 0.717) is 0 Å². The van der Waals surface area contributed by atoms with Gasteiger partial charge >= 0.3 is 0 Å². The van der Waals surface area contributed by atoms with Crippen molar-refractivity contribution in [1.82, 2.24) is 9.97 Å². The third-order valence-electron chi connectivity index (χ3n) is 2.48. The zero-order valence-electron chi connectivity index (χ0n) is 7.49. The van der Waals surface area contributed by atoms with E-state index in [4.69, 9.17) is 0 Å². The minimum Gasteiger partial charge on any atom is -0.389 e. The Hall–Kier alpha value is -0.480. The summed E-state index contributed by atoms with van der Waals surface area (Å²) in [6, 6.07) is 0. The predicted octanol–water partition coefficient (Wildman–Crippen LogP) is 1.81. The highest BCUT2D eigenvalue weighted by Crippen LogP contribution is 2.33. The van der Waals surface area contributed by atoms with E-state index in [0.717, 1.165) is 36.6 Å². The quantitative estimate of drug-likeness (QED) is 0.728. The van der Waals surface area contributed by atoms with E-state index >= 15 is 0 Å². The van der Waals surface area contributed by atoms with Crippen LogP contribution in [0.5, 0.6) is 0 Å². The molecule has 0 aromatic carbocycles. The Kier molecular flexibility index (Phi) is 2.60. The first-order valence-corrected chi connectivity index (χ1v) is 5.62. The van der Waals surface area contributed by atoms with Gasteiger partial charge in [0.1, 0.15) is 0 Å². The second-order valence-electron chi connectivity index (χ2n) is 3.61. The maximum absolute atomic E-state index is 10.0. The molecule has 1 saturated carbocycles. The zero-order chi connectivity index (χ0) is 9.15. The molecule has 0 bridgehead atoms. The minimum atomic E-state index is -0.433. The normalized spacial score (nSPS) is 20.7. The van der Waals surface area contributed by atoms with E-state index in [1.807, 2.05) is 0 Å². The summed E-state index contributed by atoms with van der Waals surface area (Å²) in [5.74, 6) is 0.764. The molecular formula is C9H14N2OS. The molecule has 72 valence electrons. The first-order valence-electron chi connectivity index (χ1n) is 4.63. The van der Waals surface area contributed by atoms with Crippen LogP contribution in [0.15, 0.2) is 17.6 Å². The lowest BCUT2D eigenvalue weighted by molar-refractivity contribution is 0.0732. The molecule has 4 heteroatoms. The van der Waals surface area contributed by atoms with Crippen molar-refractivity contribution in [2.45, 2.75) is 36.4 Å². The summed E-state index contributed by atoms with van der Waals surface area (Å²) < 4.78 is 0. The van der Waals surface area contributed by atoms with Crippen LogP contribution in [-0.4, -0.2) is 26.4 Å². The number of nitrogens with one attached hydrogen (secondary N) is 1. The van der Waals surface area contributed by atoms with Gasteiger partial charge in [-0.1, -0.05) is 24.6 Å². The van der Waals surface area contributed by atoms with E-state index in [9.17, 15) is 5.11 Å². The molecule has 0 radical (unpaired) electrons. The molecule has 0 amide bonds. The zero-order valence-corrected chi connectivity index (χ0v) is 8.31. The van der Waals surface area contributed by atoms with Crippen molar-refractivity contribution >= 4 is 11.8 Å². The second-order valence-corrected chi connectivity index (χ2v) is 4.58. The van der Waals surface area contributed by atoms with E-state index in [-0.39, 0.29) is 0 Å². The second kappa shape index (κ2) is 3.72. The highest BCUT2D eigenvalue weighted by Gasteiger charge is 2.31. The molecule has 0 spiro atoms. The molecule has 13 heavy (non-hydrogen) atoms. The standard InChI is InChI=1S/C9H14N2OS/c12-9(3-1-2-4-9)7-13-8-10-5-6-11-8/h5-6,12H,1-4,7H2,(H,10,11). The Morgan fingerprint density at radius 3 is 2.92 bits per heavy atom. The summed E-state index contributed by atoms with van der Waals surface area (Å²) in [6.45, 7) is 0. The average molecular weight is 198 g/mol. The average Bonchev–Trinajstić information content (AvgIpc) is 2.72. The summed E-state index contributed by atoms with van der Waals surface area (Å²) in [5, 5.41) is 10.9. The molecule has 1 heterocycles. The highest BCUT2D eigenvalue weighted by molar-refractivity contribution is 7.99. The number of H-pyrrole nitrogens is 1. The van der Waals surface area contributed by atoms with Crippen molar-refractivity contribution < 1.29 is 5.11 Å². The molecule has 0 atom stereocenters. The fraction of sp³-hybridized carbons (Fsp3) is 0.667. The molecule has 0 aliphatic heterocycles. The third kappa shape index (κ3) is 2.25. The molecule has 1 aliphatic carbocycles. The number of imidazole rings is 1. The van der Waals surface area contributed by atoms with Crippen LogP contribution in [0.25, 0.3) is 0 Å². The summed E-state index contributed by atoms with van der Waals surface area (Å²) in [7, 11) is 0. The third-order valence-corrected chi connectivity index (χ3v) is 3.66. The maximum atomic E-state index is 10.0. The van der Waals surface area contributed by atoms with Crippen LogP contribution in [-0.2, 0) is 0 Å². The number of aromatic amines is 1. The van der Waals surface area contributed by atoms with Crippen molar-refractivity contribution in [3.8, 4) is 0 Å². The van der Waals surface area contributed by atoms with Gasteiger partial charge in [-0.3, -0.25) is 0 Å². The number of rotatable bonds is 3. The van der Waals surface area contributed by atoms with Crippen LogP contribution in [0.2, 0.25) is 0 Å². The van der Waals surface area contributed by atoms with Gasteiger partial charge in [0.25, 0.3) is 0 Å². The number of aromatic nitrogens is 2. The number of nitrogens with zero attached hydrogens (tertiary/aromatic N) is 1. The van der Waals surface area contributed by atoms with Gasteiger partial charge in [-0.15, -0.1) is 0 Å². The highest BCUT2D eigenvalue weighted by atomic mass is 32.2. The number of hydrogen-bond donors (Lipinski definition) is 2. The topological polar surface area (TPSA) is 48.9 Å². The fourth-order valence-electron chi connectivity index (χ4n) is 1.71. The SMILES string of the molecule is OC1(CSc2ncc[nH]2)CCCC1. The van der Waals surface area contributed by atoms with Gasteiger partial charge in [0, 0.05) is 18.1 Å². The van der Waals surface area contributed by atoms with Crippen molar-refractivity contribution in [2.75, 3.05) is 5.75 Å². The van der Waals surface area contributed by atoms with Crippen LogP contribution in [0, 0.1) is 0 Å². The van der Waals surface area contributed by atoms with Crippen LogP contribution >= 0.6 is 11.8 Å². The Balaban J connectivity index is 1.85. The van der Waals surface area contributed by atoms with E-state index in [2.05, 4.69) is 9.97 Å². The number of hydrogen-bond acceptors (Lipinski definition) is 3. The summed E-state index contributed by atoms with van der Waals surface area (Å²) in [5.41, 5.74) is -0.433. The molecule has 1 fully saturated rings. The van der Waals surface area contributed by atoms with E-state index in [1.54, 1.807) is 24.2 Å². The van der Waals surface area contributed by atoms with Gasteiger partial charge in [-0.05, 0) is 12.8 Å². The van der Waals surface area contributed by atoms with Gasteiger partial charge in [0.15, 0.2) is 5.16 Å². The minimum absolute atomic E-state index is 0.433. The van der Waals surface area contributed by atoms with Gasteiger partial charge in [0.2, 0.25) is 0 Å². The van der Waals surface area contributed by atoms with Crippen molar-refractivity contribution in [1.29, 1.82) is 0 Å². The van der Waals surface area contributed by atoms with Gasteiger partial charge < -0.3 is 10.1 Å². The predicted molar refractivity (Wildman–Crippen MR) is 52.7 cm³/mol. The van der Waals surface area contributed by atoms with Crippen LogP contribution in [0.4, 0.5) is 0 Å². The monoisotopic (exact) mass is 198 g/mol. The first-order chi connectivity index (χ1) is 6.29. The van der Waals surface area contributed by atoms with E-state index < -0.39 is 5.60 Å². The first kappa shape index (κ1) is 9.09. The lowest BCUT2D eigenvalue weighted by atomic mass is 10.1.